The second-order valence-electron chi connectivity index (χ2n) is 4.71. The fourth-order valence-electron chi connectivity index (χ4n) is 1.99. The van der Waals surface area contributed by atoms with Crippen molar-refractivity contribution in [1.82, 2.24) is 5.43 Å². The molecular weight excluding hydrogens is 287 g/mol. The first-order valence-corrected chi connectivity index (χ1v) is 6.64. The van der Waals surface area contributed by atoms with Gasteiger partial charge in [-0.05, 0) is 42.8 Å². The number of fused-ring (bicyclic) bond motifs is 1. The highest BCUT2D eigenvalue weighted by molar-refractivity contribution is 6.01. The van der Waals surface area contributed by atoms with Gasteiger partial charge in [0.05, 0.1) is 5.71 Å². The molecule has 0 unspecified atom stereocenters. The summed E-state index contributed by atoms with van der Waals surface area (Å²) in [5, 5.41) is 4.02. The molecule has 2 aromatic carbocycles. The van der Waals surface area contributed by atoms with Gasteiger partial charge in [0.2, 0.25) is 6.79 Å². The van der Waals surface area contributed by atoms with Crippen LogP contribution in [-0.2, 0) is 0 Å². The van der Waals surface area contributed by atoms with Crippen LogP contribution in [0.15, 0.2) is 47.6 Å². The van der Waals surface area contributed by atoms with Gasteiger partial charge in [0.1, 0.15) is 5.82 Å². The molecule has 0 saturated heterocycles. The zero-order valence-corrected chi connectivity index (χ0v) is 11.8. The average molecular weight is 300 g/mol. The summed E-state index contributed by atoms with van der Waals surface area (Å²) < 4.78 is 23.3. The van der Waals surface area contributed by atoms with Crippen LogP contribution in [0, 0.1) is 5.82 Å². The molecule has 2 aromatic rings. The van der Waals surface area contributed by atoms with Gasteiger partial charge in [0.25, 0.3) is 5.91 Å². The summed E-state index contributed by atoms with van der Waals surface area (Å²) in [6, 6.07) is 10.8. The molecule has 0 aliphatic carbocycles. The molecule has 1 amide bonds. The minimum absolute atomic E-state index is 0.155. The summed E-state index contributed by atoms with van der Waals surface area (Å²) in [4.78, 5) is 12.1. The number of benzene rings is 2. The zero-order valence-electron chi connectivity index (χ0n) is 11.8. The van der Waals surface area contributed by atoms with Gasteiger partial charge in [-0.15, -0.1) is 0 Å². The van der Waals surface area contributed by atoms with Crippen molar-refractivity contribution in [2.24, 2.45) is 5.10 Å². The van der Waals surface area contributed by atoms with Crippen LogP contribution in [-0.4, -0.2) is 18.4 Å². The van der Waals surface area contributed by atoms with E-state index in [1.165, 1.54) is 12.1 Å². The number of ether oxygens (including phenoxy) is 2. The second kappa shape index (κ2) is 5.85. The Morgan fingerprint density at radius 1 is 1.09 bits per heavy atom. The third-order valence-corrected chi connectivity index (χ3v) is 3.22. The molecule has 1 N–H and O–H groups in total. The molecule has 1 aliphatic rings. The van der Waals surface area contributed by atoms with Crippen LogP contribution >= 0.6 is 0 Å². The fourth-order valence-corrected chi connectivity index (χ4v) is 1.99. The van der Waals surface area contributed by atoms with Gasteiger partial charge in [-0.3, -0.25) is 4.79 Å². The second-order valence-corrected chi connectivity index (χ2v) is 4.71. The van der Waals surface area contributed by atoms with Crippen LogP contribution < -0.4 is 14.9 Å². The first kappa shape index (κ1) is 14.1. The van der Waals surface area contributed by atoms with Crippen LogP contribution in [0.2, 0.25) is 0 Å². The highest BCUT2D eigenvalue weighted by atomic mass is 19.1. The van der Waals surface area contributed by atoms with Gasteiger partial charge in [0.15, 0.2) is 11.5 Å². The first-order valence-electron chi connectivity index (χ1n) is 6.64. The molecule has 0 saturated carbocycles. The van der Waals surface area contributed by atoms with E-state index in [2.05, 4.69) is 10.5 Å². The molecule has 1 aliphatic heterocycles. The summed E-state index contributed by atoms with van der Waals surface area (Å²) in [5.41, 5.74) is 4.19. The third-order valence-electron chi connectivity index (χ3n) is 3.22. The van der Waals surface area contributed by atoms with E-state index in [4.69, 9.17) is 9.47 Å². The molecule has 1 heterocycles. The number of hydrogen-bond donors (Lipinski definition) is 1. The number of nitrogens with zero attached hydrogens (tertiary/aromatic N) is 1. The number of rotatable bonds is 3. The number of hydrazone groups is 1. The number of halogens is 1. The Kier molecular flexibility index (Phi) is 3.74. The van der Waals surface area contributed by atoms with Crippen molar-refractivity contribution in [3.8, 4) is 11.5 Å². The smallest absolute Gasteiger partial charge is 0.271 e. The number of carbonyl (C=O) groups excluding carboxylic acids is 1. The highest BCUT2D eigenvalue weighted by Gasteiger charge is 2.16. The third kappa shape index (κ3) is 2.90. The number of nitrogens with one attached hydrogen (secondary N) is 1. The molecule has 0 fully saturated rings. The molecule has 22 heavy (non-hydrogen) atoms. The molecule has 0 radical (unpaired) electrons. The Balaban J connectivity index is 1.71. The maximum Gasteiger partial charge on any atom is 0.271 e. The molecule has 0 spiro atoms. The molecule has 0 bridgehead atoms. The van der Waals surface area contributed by atoms with E-state index in [9.17, 15) is 9.18 Å². The van der Waals surface area contributed by atoms with Gasteiger partial charge in [-0.25, -0.2) is 9.82 Å². The standard InChI is InChI=1S/C16H13FN2O3/c1-10(11-2-5-13(17)6-3-11)18-19-16(20)12-4-7-14-15(8-12)22-9-21-14/h2-8H,9H2,1H3,(H,19,20)/b18-10-. The molecule has 5 nitrogen and oxygen atoms in total. The summed E-state index contributed by atoms with van der Waals surface area (Å²) in [6.45, 7) is 1.88. The van der Waals surface area contributed by atoms with Gasteiger partial charge < -0.3 is 9.47 Å². The van der Waals surface area contributed by atoms with Crippen molar-refractivity contribution < 1.29 is 18.7 Å². The summed E-state index contributed by atoms with van der Waals surface area (Å²) >= 11 is 0. The Morgan fingerprint density at radius 3 is 2.55 bits per heavy atom. The minimum Gasteiger partial charge on any atom is -0.454 e. The molecular formula is C16H13FN2O3. The van der Waals surface area contributed by atoms with E-state index in [0.717, 1.165) is 5.56 Å². The Morgan fingerprint density at radius 2 is 1.77 bits per heavy atom. The van der Waals surface area contributed by atoms with Crippen molar-refractivity contribution in [3.05, 3.63) is 59.4 Å². The van der Waals surface area contributed by atoms with E-state index < -0.39 is 0 Å². The van der Waals surface area contributed by atoms with Crippen molar-refractivity contribution in [1.29, 1.82) is 0 Å². The van der Waals surface area contributed by atoms with Gasteiger partial charge in [0, 0.05) is 5.56 Å². The minimum atomic E-state index is -0.361. The van der Waals surface area contributed by atoms with Crippen LogP contribution in [0.3, 0.4) is 0 Å². The average Bonchev–Trinajstić information content (AvgIpc) is 3.00. The molecule has 0 aromatic heterocycles. The highest BCUT2D eigenvalue weighted by Crippen LogP contribution is 2.32. The van der Waals surface area contributed by atoms with Crippen LogP contribution in [0.1, 0.15) is 22.8 Å². The van der Waals surface area contributed by atoms with Crippen LogP contribution in [0.4, 0.5) is 4.39 Å². The van der Waals surface area contributed by atoms with Gasteiger partial charge in [-0.2, -0.15) is 5.10 Å². The van der Waals surface area contributed by atoms with E-state index >= 15 is 0 Å². The lowest BCUT2D eigenvalue weighted by Crippen LogP contribution is -2.19. The van der Waals surface area contributed by atoms with Crippen molar-refractivity contribution in [2.45, 2.75) is 6.92 Å². The van der Waals surface area contributed by atoms with E-state index in [0.29, 0.717) is 22.8 Å². The van der Waals surface area contributed by atoms with Gasteiger partial charge >= 0.3 is 0 Å². The van der Waals surface area contributed by atoms with E-state index in [1.807, 2.05) is 0 Å². The maximum absolute atomic E-state index is 12.9. The van der Waals surface area contributed by atoms with Crippen molar-refractivity contribution >= 4 is 11.6 Å². The SMILES string of the molecule is C/C(=N/NC(=O)c1ccc2c(c1)OCO2)c1ccc(F)cc1. The van der Waals surface area contributed by atoms with E-state index in [1.54, 1.807) is 37.3 Å². The van der Waals surface area contributed by atoms with Crippen LogP contribution in [0.25, 0.3) is 0 Å². The predicted octanol–water partition coefficient (Wildman–Crippen LogP) is 2.71. The van der Waals surface area contributed by atoms with Crippen LogP contribution in [0.5, 0.6) is 11.5 Å². The summed E-state index contributed by atoms with van der Waals surface area (Å²) in [7, 11) is 0. The monoisotopic (exact) mass is 300 g/mol. The molecule has 112 valence electrons. The first-order chi connectivity index (χ1) is 10.6. The predicted molar refractivity (Wildman–Crippen MR) is 78.6 cm³/mol. The quantitative estimate of drug-likeness (QED) is 0.700. The maximum atomic E-state index is 12.9. The lowest BCUT2D eigenvalue weighted by Gasteiger charge is -2.04. The number of hydrogen-bond acceptors (Lipinski definition) is 4. The lowest BCUT2D eigenvalue weighted by molar-refractivity contribution is 0.0954. The fraction of sp³-hybridized carbons (Fsp3) is 0.125. The topological polar surface area (TPSA) is 59.9 Å². The number of carbonyl (C=O) groups is 1. The summed E-state index contributed by atoms with van der Waals surface area (Å²) in [6.07, 6.45) is 0. The Hall–Kier alpha value is -2.89. The van der Waals surface area contributed by atoms with Gasteiger partial charge in [-0.1, -0.05) is 12.1 Å². The van der Waals surface area contributed by atoms with Crippen molar-refractivity contribution in [2.75, 3.05) is 6.79 Å². The molecule has 3 rings (SSSR count). The Bertz CT molecular complexity index is 742. The van der Waals surface area contributed by atoms with Crippen molar-refractivity contribution in [3.63, 3.8) is 0 Å². The lowest BCUT2D eigenvalue weighted by atomic mass is 10.1. The molecule has 6 heteroatoms. The molecule has 0 atom stereocenters. The Labute approximate surface area is 126 Å². The zero-order chi connectivity index (χ0) is 15.5. The number of amides is 1. The normalized spacial score (nSPS) is 13.1. The van der Waals surface area contributed by atoms with E-state index in [-0.39, 0.29) is 18.5 Å². The summed E-state index contributed by atoms with van der Waals surface area (Å²) in [5.74, 6) is 0.468. The largest absolute Gasteiger partial charge is 0.454 e.